The van der Waals surface area contributed by atoms with Gasteiger partial charge in [-0.2, -0.15) is 25.9 Å². The lowest BCUT2D eigenvalue weighted by atomic mass is 10.1. The SMILES string of the molecule is CC(C)(C)OC(=O)CN(C(=O)OC(C)(C)C)S(=O)(=O)N(Cc1cccc(Cl)c1Cl)c1ccc(C(=O)NCc2ccc(C(F)(F)F)nc2)cc1. The van der Waals surface area contributed by atoms with Crippen LogP contribution in [0.4, 0.5) is 23.7 Å². The number of carbonyl (C=O) groups excluding carboxylic acids is 3. The van der Waals surface area contributed by atoms with E-state index in [0.717, 1.165) is 16.6 Å². The number of esters is 1. The summed E-state index contributed by atoms with van der Waals surface area (Å²) in [6.07, 6.45) is -4.97. The van der Waals surface area contributed by atoms with Crippen molar-refractivity contribution in [2.45, 2.75) is 72.0 Å². The van der Waals surface area contributed by atoms with Gasteiger partial charge in [0.05, 0.1) is 22.3 Å². The second-order valence-corrected chi connectivity index (χ2v) is 15.1. The Labute approximate surface area is 292 Å². The number of hydrogen-bond acceptors (Lipinski definition) is 8. The molecule has 0 aliphatic rings. The highest BCUT2D eigenvalue weighted by Crippen LogP contribution is 2.31. The Morgan fingerprint density at radius 1 is 0.878 bits per heavy atom. The summed E-state index contributed by atoms with van der Waals surface area (Å²) >= 11 is 12.6. The number of rotatable bonds is 10. The smallest absolute Gasteiger partial charge is 0.433 e. The molecule has 0 fully saturated rings. The third-order valence-corrected chi connectivity index (χ3v) is 8.77. The molecule has 1 N–H and O–H groups in total. The van der Waals surface area contributed by atoms with Gasteiger partial charge in [0.1, 0.15) is 23.4 Å². The second-order valence-electron chi connectivity index (χ2n) is 12.6. The van der Waals surface area contributed by atoms with Crippen molar-refractivity contribution in [2.75, 3.05) is 10.8 Å². The van der Waals surface area contributed by atoms with Crippen LogP contribution in [0.1, 0.15) is 68.7 Å². The molecule has 0 unspecified atom stereocenters. The van der Waals surface area contributed by atoms with Crippen molar-refractivity contribution in [2.24, 2.45) is 0 Å². The molecule has 0 atom stereocenters. The minimum atomic E-state index is -4.96. The number of benzene rings is 2. The van der Waals surface area contributed by atoms with E-state index in [4.69, 9.17) is 32.7 Å². The van der Waals surface area contributed by atoms with Crippen LogP contribution in [0.5, 0.6) is 0 Å². The predicted molar refractivity (Wildman–Crippen MR) is 177 cm³/mol. The van der Waals surface area contributed by atoms with E-state index in [1.807, 2.05) is 0 Å². The Morgan fingerprint density at radius 3 is 2.02 bits per heavy atom. The first-order chi connectivity index (χ1) is 22.5. The van der Waals surface area contributed by atoms with E-state index >= 15 is 0 Å². The number of carbonyl (C=O) groups is 3. The molecule has 17 heteroatoms. The number of nitrogens with zero attached hydrogens (tertiary/aromatic N) is 3. The zero-order chi connectivity index (χ0) is 36.9. The molecule has 0 spiro atoms. The molecule has 266 valence electrons. The lowest BCUT2D eigenvalue weighted by Crippen LogP contribution is -2.51. The van der Waals surface area contributed by atoms with Crippen molar-refractivity contribution in [1.29, 1.82) is 0 Å². The first-order valence-corrected chi connectivity index (χ1v) is 16.7. The van der Waals surface area contributed by atoms with Crippen molar-refractivity contribution < 1.29 is 45.4 Å². The van der Waals surface area contributed by atoms with Crippen LogP contribution >= 0.6 is 23.2 Å². The van der Waals surface area contributed by atoms with Gasteiger partial charge < -0.3 is 14.8 Å². The van der Waals surface area contributed by atoms with Crippen LogP contribution in [0, 0.1) is 0 Å². The van der Waals surface area contributed by atoms with Crippen LogP contribution in [-0.2, 0) is 43.7 Å². The first-order valence-electron chi connectivity index (χ1n) is 14.6. The van der Waals surface area contributed by atoms with E-state index in [-0.39, 0.29) is 37.7 Å². The van der Waals surface area contributed by atoms with Crippen molar-refractivity contribution in [3.8, 4) is 0 Å². The number of pyridine rings is 1. The van der Waals surface area contributed by atoms with E-state index < -0.39 is 64.3 Å². The highest BCUT2D eigenvalue weighted by molar-refractivity contribution is 7.91. The summed E-state index contributed by atoms with van der Waals surface area (Å²) in [5.74, 6) is -1.66. The van der Waals surface area contributed by atoms with Crippen LogP contribution in [0.25, 0.3) is 0 Å². The van der Waals surface area contributed by atoms with Gasteiger partial charge in [0.15, 0.2) is 0 Å². The fraction of sp³-hybridized carbons (Fsp3) is 0.375. The van der Waals surface area contributed by atoms with Gasteiger partial charge in [-0.25, -0.2) is 9.10 Å². The Morgan fingerprint density at radius 2 is 1.49 bits per heavy atom. The summed E-state index contributed by atoms with van der Waals surface area (Å²) in [5, 5.41) is 2.72. The van der Waals surface area contributed by atoms with Gasteiger partial charge in [-0.05, 0) is 89.1 Å². The van der Waals surface area contributed by atoms with E-state index in [2.05, 4.69) is 10.3 Å². The van der Waals surface area contributed by atoms with Crippen LogP contribution in [0.3, 0.4) is 0 Å². The highest BCUT2D eigenvalue weighted by Gasteiger charge is 2.39. The third-order valence-electron chi connectivity index (χ3n) is 6.18. The summed E-state index contributed by atoms with van der Waals surface area (Å²) in [7, 11) is -4.96. The molecule has 49 heavy (non-hydrogen) atoms. The molecule has 0 saturated heterocycles. The Balaban J connectivity index is 1.99. The molecule has 0 aliphatic heterocycles. The Hall–Kier alpha value is -4.08. The molecule has 0 radical (unpaired) electrons. The molecule has 2 aromatic carbocycles. The van der Waals surface area contributed by atoms with Gasteiger partial charge in [-0.1, -0.05) is 41.4 Å². The summed E-state index contributed by atoms with van der Waals surface area (Å²) in [4.78, 5) is 42.4. The number of aromatic nitrogens is 1. The summed E-state index contributed by atoms with van der Waals surface area (Å²) in [6.45, 7) is 7.62. The lowest BCUT2D eigenvalue weighted by molar-refractivity contribution is -0.155. The quantitative estimate of drug-likeness (QED) is 0.216. The minimum absolute atomic E-state index is 0.0362. The molecular weight excluding hydrogens is 712 g/mol. The zero-order valence-electron chi connectivity index (χ0n) is 27.4. The number of nitrogens with one attached hydrogen (secondary N) is 1. The van der Waals surface area contributed by atoms with Crippen molar-refractivity contribution >= 4 is 57.1 Å². The Bertz CT molecular complexity index is 1780. The van der Waals surface area contributed by atoms with Gasteiger partial charge in [0, 0.05) is 18.3 Å². The van der Waals surface area contributed by atoms with Gasteiger partial charge in [-0.3, -0.25) is 14.6 Å². The maximum atomic E-state index is 14.3. The standard InChI is InChI=1S/C32H35Cl2F3N4O7S/c1-30(2,3)47-26(42)19-41(29(44)48-31(4,5)6)49(45,46)40(18-22-8-7-9-24(33)27(22)34)23-13-11-21(12-14-23)28(43)39-17-20-10-15-25(38-16-20)32(35,36)37/h7-16H,17-19H2,1-6H3,(H,39,43). The first kappa shape index (κ1) is 39.4. The van der Waals surface area contributed by atoms with Crippen LogP contribution in [0.2, 0.25) is 10.0 Å². The van der Waals surface area contributed by atoms with Crippen molar-refractivity contribution in [1.82, 2.24) is 14.6 Å². The number of hydrogen-bond donors (Lipinski definition) is 1. The fourth-order valence-corrected chi connectivity index (χ4v) is 5.86. The summed E-state index contributed by atoms with van der Waals surface area (Å²) < 4.78 is 78.8. The van der Waals surface area contributed by atoms with Crippen LogP contribution in [-0.4, -0.2) is 53.4 Å². The molecule has 1 heterocycles. The summed E-state index contributed by atoms with van der Waals surface area (Å²) in [6, 6.07) is 11.7. The zero-order valence-corrected chi connectivity index (χ0v) is 29.7. The third kappa shape index (κ3) is 11.2. The van der Waals surface area contributed by atoms with Gasteiger partial charge in [0.25, 0.3) is 5.91 Å². The van der Waals surface area contributed by atoms with E-state index in [1.165, 1.54) is 63.2 Å². The number of anilines is 1. The van der Waals surface area contributed by atoms with E-state index in [1.54, 1.807) is 26.8 Å². The molecule has 2 amide bonds. The van der Waals surface area contributed by atoms with E-state index in [9.17, 15) is 36.0 Å². The van der Waals surface area contributed by atoms with Crippen LogP contribution in [0.15, 0.2) is 60.8 Å². The average molecular weight is 748 g/mol. The molecule has 3 rings (SSSR count). The monoisotopic (exact) mass is 746 g/mol. The van der Waals surface area contributed by atoms with E-state index in [0.29, 0.717) is 5.56 Å². The number of ether oxygens (including phenoxy) is 2. The maximum Gasteiger partial charge on any atom is 0.433 e. The summed E-state index contributed by atoms with van der Waals surface area (Å²) in [5.41, 5.74) is -2.66. The number of alkyl halides is 3. The topological polar surface area (TPSA) is 135 Å². The number of amides is 2. The van der Waals surface area contributed by atoms with Gasteiger partial charge in [-0.15, -0.1) is 0 Å². The largest absolute Gasteiger partial charge is 0.459 e. The molecule has 0 bridgehead atoms. The number of halogens is 5. The molecule has 1 aromatic heterocycles. The molecule has 0 saturated carbocycles. The lowest BCUT2D eigenvalue weighted by Gasteiger charge is -2.33. The average Bonchev–Trinajstić information content (AvgIpc) is 2.97. The molecule has 3 aromatic rings. The minimum Gasteiger partial charge on any atom is -0.459 e. The Kier molecular flexibility index (Phi) is 12.2. The molecule has 0 aliphatic carbocycles. The molecule has 11 nitrogen and oxygen atoms in total. The maximum absolute atomic E-state index is 14.3. The predicted octanol–water partition coefficient (Wildman–Crippen LogP) is 7.17. The van der Waals surface area contributed by atoms with Crippen LogP contribution < -0.4 is 9.62 Å². The normalized spacial score (nSPS) is 12.2. The van der Waals surface area contributed by atoms with Crippen molar-refractivity contribution in [3.63, 3.8) is 0 Å². The molecular formula is C32H35Cl2F3N4O7S. The second kappa shape index (κ2) is 15.2. The van der Waals surface area contributed by atoms with Crippen molar-refractivity contribution in [3.05, 3.63) is 93.2 Å². The van der Waals surface area contributed by atoms with Gasteiger partial charge >= 0.3 is 28.4 Å². The fourth-order valence-electron chi connectivity index (χ4n) is 4.05. The highest BCUT2D eigenvalue weighted by atomic mass is 35.5. The van der Waals surface area contributed by atoms with Gasteiger partial charge in [0.2, 0.25) is 0 Å².